The Kier molecular flexibility index (Phi) is 4.87. The smallest absolute Gasteiger partial charge is 0.243 e. The number of aryl methyl sites for hydroxylation is 1. The minimum atomic E-state index is -3.45. The molecule has 3 rings (SSSR count). The predicted octanol–water partition coefficient (Wildman–Crippen LogP) is 2.90. The standard InChI is InChI=1S/C18H21FN2O2S/c1-2-15-3-9-18(10-4-15)24(22,23)21-13-11-20(12-14-21)17-7-5-16(19)6-8-17/h3-10H,2,11-14H2,1H3. The molecule has 0 unspecified atom stereocenters. The zero-order valence-electron chi connectivity index (χ0n) is 13.7. The lowest BCUT2D eigenvalue weighted by molar-refractivity contribution is 0.385. The maximum atomic E-state index is 13.0. The molecule has 0 aromatic heterocycles. The third-order valence-electron chi connectivity index (χ3n) is 4.40. The van der Waals surface area contributed by atoms with Gasteiger partial charge in [-0.05, 0) is 48.4 Å². The number of rotatable bonds is 4. The molecular weight excluding hydrogens is 327 g/mol. The van der Waals surface area contributed by atoms with Crippen molar-refractivity contribution in [3.63, 3.8) is 0 Å². The van der Waals surface area contributed by atoms with Crippen LogP contribution in [-0.2, 0) is 16.4 Å². The van der Waals surface area contributed by atoms with Crippen LogP contribution in [0.5, 0.6) is 0 Å². The van der Waals surface area contributed by atoms with E-state index in [2.05, 4.69) is 4.90 Å². The fourth-order valence-corrected chi connectivity index (χ4v) is 4.31. The van der Waals surface area contributed by atoms with E-state index in [9.17, 15) is 12.8 Å². The van der Waals surface area contributed by atoms with Crippen molar-refractivity contribution in [1.29, 1.82) is 0 Å². The molecule has 1 aliphatic heterocycles. The van der Waals surface area contributed by atoms with Gasteiger partial charge in [-0.25, -0.2) is 12.8 Å². The van der Waals surface area contributed by atoms with Crippen molar-refractivity contribution in [2.24, 2.45) is 0 Å². The van der Waals surface area contributed by atoms with Crippen LogP contribution in [0.1, 0.15) is 12.5 Å². The van der Waals surface area contributed by atoms with E-state index in [0.717, 1.165) is 17.7 Å². The van der Waals surface area contributed by atoms with Gasteiger partial charge in [0.1, 0.15) is 5.82 Å². The molecule has 4 nitrogen and oxygen atoms in total. The van der Waals surface area contributed by atoms with E-state index in [1.165, 1.54) is 16.4 Å². The molecular formula is C18H21FN2O2S. The highest BCUT2D eigenvalue weighted by atomic mass is 32.2. The Hall–Kier alpha value is -1.92. The largest absolute Gasteiger partial charge is 0.369 e. The van der Waals surface area contributed by atoms with Gasteiger partial charge in [0.15, 0.2) is 0 Å². The molecule has 128 valence electrons. The molecule has 2 aromatic carbocycles. The van der Waals surface area contributed by atoms with Gasteiger partial charge in [-0.15, -0.1) is 0 Å². The van der Waals surface area contributed by atoms with Crippen LogP contribution >= 0.6 is 0 Å². The van der Waals surface area contributed by atoms with Crippen molar-refractivity contribution in [1.82, 2.24) is 4.31 Å². The maximum Gasteiger partial charge on any atom is 0.243 e. The Balaban J connectivity index is 1.69. The summed E-state index contributed by atoms with van der Waals surface area (Å²) in [5, 5.41) is 0. The van der Waals surface area contributed by atoms with Crippen molar-refractivity contribution < 1.29 is 12.8 Å². The van der Waals surface area contributed by atoms with E-state index < -0.39 is 10.0 Å². The highest BCUT2D eigenvalue weighted by Gasteiger charge is 2.28. The van der Waals surface area contributed by atoms with Crippen LogP contribution in [0.25, 0.3) is 0 Å². The number of anilines is 1. The Morgan fingerprint density at radius 2 is 1.50 bits per heavy atom. The normalized spacial score (nSPS) is 16.3. The van der Waals surface area contributed by atoms with Crippen molar-refractivity contribution in [3.05, 3.63) is 59.9 Å². The second-order valence-electron chi connectivity index (χ2n) is 5.87. The first-order valence-electron chi connectivity index (χ1n) is 8.10. The van der Waals surface area contributed by atoms with Crippen LogP contribution in [0, 0.1) is 5.82 Å². The molecule has 0 N–H and O–H groups in total. The first-order chi connectivity index (χ1) is 11.5. The van der Waals surface area contributed by atoms with Crippen LogP contribution in [-0.4, -0.2) is 38.9 Å². The summed E-state index contributed by atoms with van der Waals surface area (Å²) < 4.78 is 40.0. The molecule has 6 heteroatoms. The second kappa shape index (κ2) is 6.91. The Morgan fingerprint density at radius 1 is 0.917 bits per heavy atom. The topological polar surface area (TPSA) is 40.6 Å². The third-order valence-corrected chi connectivity index (χ3v) is 6.31. The van der Waals surface area contributed by atoms with E-state index in [4.69, 9.17) is 0 Å². The molecule has 1 fully saturated rings. The molecule has 0 atom stereocenters. The van der Waals surface area contributed by atoms with Gasteiger partial charge in [-0.1, -0.05) is 19.1 Å². The lowest BCUT2D eigenvalue weighted by atomic mass is 10.2. The first-order valence-corrected chi connectivity index (χ1v) is 9.54. The highest BCUT2D eigenvalue weighted by Crippen LogP contribution is 2.21. The summed E-state index contributed by atoms with van der Waals surface area (Å²) in [6.07, 6.45) is 0.886. The molecule has 0 aliphatic carbocycles. The summed E-state index contributed by atoms with van der Waals surface area (Å²) in [5.74, 6) is -0.268. The Bertz CT molecular complexity index is 781. The second-order valence-corrected chi connectivity index (χ2v) is 7.80. The van der Waals surface area contributed by atoms with E-state index in [-0.39, 0.29) is 5.82 Å². The summed E-state index contributed by atoms with van der Waals surface area (Å²) in [6.45, 7) is 4.08. The number of benzene rings is 2. The zero-order chi connectivity index (χ0) is 17.2. The minimum Gasteiger partial charge on any atom is -0.369 e. The average molecular weight is 348 g/mol. The molecule has 2 aromatic rings. The SMILES string of the molecule is CCc1ccc(S(=O)(=O)N2CCN(c3ccc(F)cc3)CC2)cc1. The monoisotopic (exact) mass is 348 g/mol. The zero-order valence-corrected chi connectivity index (χ0v) is 14.5. The number of hydrogen-bond donors (Lipinski definition) is 0. The van der Waals surface area contributed by atoms with Gasteiger partial charge in [0.2, 0.25) is 10.0 Å². The van der Waals surface area contributed by atoms with E-state index >= 15 is 0 Å². The number of nitrogens with zero attached hydrogens (tertiary/aromatic N) is 2. The molecule has 1 heterocycles. The minimum absolute atomic E-state index is 0.268. The lowest BCUT2D eigenvalue weighted by Gasteiger charge is -2.35. The Morgan fingerprint density at radius 3 is 2.04 bits per heavy atom. The van der Waals surface area contributed by atoms with E-state index in [0.29, 0.717) is 31.1 Å². The van der Waals surface area contributed by atoms with Crippen molar-refractivity contribution in [2.45, 2.75) is 18.2 Å². The molecule has 24 heavy (non-hydrogen) atoms. The van der Waals surface area contributed by atoms with Crippen molar-refractivity contribution in [3.8, 4) is 0 Å². The van der Waals surface area contributed by atoms with Crippen LogP contribution in [0.2, 0.25) is 0 Å². The molecule has 0 saturated carbocycles. The lowest BCUT2D eigenvalue weighted by Crippen LogP contribution is -2.48. The maximum absolute atomic E-state index is 13.0. The summed E-state index contributed by atoms with van der Waals surface area (Å²) in [6, 6.07) is 13.4. The predicted molar refractivity (Wildman–Crippen MR) is 93.2 cm³/mol. The molecule has 0 spiro atoms. The van der Waals surface area contributed by atoms with Crippen LogP contribution < -0.4 is 4.90 Å². The van der Waals surface area contributed by atoms with Gasteiger partial charge in [-0.2, -0.15) is 4.31 Å². The summed E-state index contributed by atoms with van der Waals surface area (Å²) in [7, 11) is -3.45. The number of sulfonamides is 1. The number of halogens is 1. The van der Waals surface area contributed by atoms with Gasteiger partial charge in [0.05, 0.1) is 4.90 Å². The van der Waals surface area contributed by atoms with Gasteiger partial charge in [0, 0.05) is 31.9 Å². The fourth-order valence-electron chi connectivity index (χ4n) is 2.88. The summed E-state index contributed by atoms with van der Waals surface area (Å²) >= 11 is 0. The van der Waals surface area contributed by atoms with Crippen LogP contribution in [0.15, 0.2) is 53.4 Å². The molecule has 0 amide bonds. The Labute approximate surface area is 142 Å². The first kappa shape index (κ1) is 16.9. The quantitative estimate of drug-likeness (QED) is 0.853. The van der Waals surface area contributed by atoms with Crippen molar-refractivity contribution >= 4 is 15.7 Å². The van der Waals surface area contributed by atoms with E-state index in [1.54, 1.807) is 24.3 Å². The van der Waals surface area contributed by atoms with Gasteiger partial charge < -0.3 is 4.90 Å². The third kappa shape index (κ3) is 3.44. The average Bonchev–Trinajstić information content (AvgIpc) is 2.62. The summed E-state index contributed by atoms with van der Waals surface area (Å²) in [5.41, 5.74) is 2.04. The molecule has 0 bridgehead atoms. The van der Waals surface area contributed by atoms with Gasteiger partial charge in [-0.3, -0.25) is 0 Å². The molecule has 1 aliphatic rings. The molecule has 0 radical (unpaired) electrons. The van der Waals surface area contributed by atoms with Gasteiger partial charge >= 0.3 is 0 Å². The van der Waals surface area contributed by atoms with Crippen molar-refractivity contribution in [2.75, 3.05) is 31.1 Å². The van der Waals surface area contributed by atoms with Crippen LogP contribution in [0.4, 0.5) is 10.1 Å². The highest BCUT2D eigenvalue weighted by molar-refractivity contribution is 7.89. The molecule has 1 saturated heterocycles. The summed E-state index contributed by atoms with van der Waals surface area (Å²) in [4.78, 5) is 2.42. The van der Waals surface area contributed by atoms with E-state index in [1.807, 2.05) is 19.1 Å². The fraction of sp³-hybridized carbons (Fsp3) is 0.333. The van der Waals surface area contributed by atoms with Gasteiger partial charge in [0.25, 0.3) is 0 Å². The number of piperazine rings is 1. The van der Waals surface area contributed by atoms with Crippen LogP contribution in [0.3, 0.4) is 0 Å². The number of hydrogen-bond acceptors (Lipinski definition) is 3.